The molecule has 2 rings (SSSR count). The number of nitro groups is 1. The van der Waals surface area contributed by atoms with Crippen LogP contribution in [0.25, 0.3) is 6.08 Å². The molecule has 2 atom stereocenters. The van der Waals surface area contributed by atoms with Crippen LogP contribution in [0.2, 0.25) is 0 Å². The molecule has 2 aromatic rings. The Labute approximate surface area is 254 Å². The Kier molecular flexibility index (Phi) is 12.4. The SMILES string of the molecule is C[C@@H](NC(=O)c1ccc(S(=O)(=O)Oc2ccc(/C=C/[N+](=O)[O-])cc2)cc1)C(=O)N[C@H](C)C(=O)NCCNC(=O)OC(C)(C)C. The summed E-state index contributed by atoms with van der Waals surface area (Å²) in [6, 6.07) is 8.36. The molecule has 0 aliphatic carbocycles. The van der Waals surface area contributed by atoms with Crippen LogP contribution in [0.5, 0.6) is 5.75 Å². The van der Waals surface area contributed by atoms with Crippen molar-refractivity contribution in [2.75, 3.05) is 13.1 Å². The average molecular weight is 634 g/mol. The number of nitrogens with zero attached hydrogens (tertiary/aromatic N) is 1. The molecule has 0 unspecified atom stereocenters. The van der Waals surface area contributed by atoms with E-state index in [-0.39, 0.29) is 29.3 Å². The smallest absolute Gasteiger partial charge is 0.407 e. The minimum atomic E-state index is -4.26. The molecule has 0 heterocycles. The number of benzene rings is 2. The molecule has 2 aromatic carbocycles. The molecule has 0 aromatic heterocycles. The third-order valence-corrected chi connectivity index (χ3v) is 6.73. The zero-order valence-corrected chi connectivity index (χ0v) is 25.6. The first kappa shape index (κ1) is 35.2. The monoisotopic (exact) mass is 633 g/mol. The molecule has 4 amide bonds. The summed E-state index contributed by atoms with van der Waals surface area (Å²) < 4.78 is 35.4. The number of carbonyl (C=O) groups is 4. The topological polar surface area (TPSA) is 212 Å². The fourth-order valence-electron chi connectivity index (χ4n) is 3.30. The Morgan fingerprint density at radius 1 is 0.886 bits per heavy atom. The molecule has 0 saturated carbocycles. The van der Waals surface area contributed by atoms with Crippen molar-refractivity contribution in [3.8, 4) is 5.75 Å². The highest BCUT2D eigenvalue weighted by Crippen LogP contribution is 2.20. The highest BCUT2D eigenvalue weighted by Gasteiger charge is 2.23. The van der Waals surface area contributed by atoms with Crippen LogP contribution < -0.4 is 25.5 Å². The zero-order valence-electron chi connectivity index (χ0n) is 24.8. The van der Waals surface area contributed by atoms with Crippen LogP contribution in [0.1, 0.15) is 50.5 Å². The molecular weight excluding hydrogens is 598 g/mol. The summed E-state index contributed by atoms with van der Waals surface area (Å²) in [7, 11) is -4.26. The van der Waals surface area contributed by atoms with E-state index in [0.717, 1.165) is 18.3 Å². The quantitative estimate of drug-likeness (QED) is 0.109. The number of carbonyl (C=O) groups excluding carboxylic acids is 4. The Bertz CT molecular complexity index is 1480. The van der Waals surface area contributed by atoms with Crippen molar-refractivity contribution in [1.29, 1.82) is 0 Å². The molecule has 16 heteroatoms. The summed E-state index contributed by atoms with van der Waals surface area (Å²) in [4.78, 5) is 58.6. The van der Waals surface area contributed by atoms with Gasteiger partial charge in [0.05, 0.1) is 4.92 Å². The summed E-state index contributed by atoms with van der Waals surface area (Å²) in [6.45, 7) is 8.22. The molecule has 44 heavy (non-hydrogen) atoms. The van der Waals surface area contributed by atoms with E-state index in [1.807, 2.05) is 0 Å². The standard InChI is InChI=1S/C28H35N5O10S/c1-18(24(34)29-15-16-30-27(37)42-28(3,4)5)31-25(35)19(2)32-26(36)21-8-12-23(13-9-21)44(40,41)43-22-10-6-20(7-11-22)14-17-33(38)39/h6-14,17-19H,15-16H2,1-5H3,(H,29,34)(H,30,37)(H,31,35)(H,32,36)/b17-14+/t18-,19-/m1/s1. The predicted molar refractivity (Wildman–Crippen MR) is 159 cm³/mol. The lowest BCUT2D eigenvalue weighted by Crippen LogP contribution is -2.52. The maximum Gasteiger partial charge on any atom is 0.407 e. The first-order chi connectivity index (χ1) is 20.5. The largest absolute Gasteiger partial charge is 0.444 e. The lowest BCUT2D eigenvalue weighted by atomic mass is 10.2. The highest BCUT2D eigenvalue weighted by atomic mass is 32.2. The first-order valence-electron chi connectivity index (χ1n) is 13.3. The predicted octanol–water partition coefficient (Wildman–Crippen LogP) is 1.97. The van der Waals surface area contributed by atoms with Crippen molar-refractivity contribution in [2.45, 2.75) is 57.2 Å². The van der Waals surface area contributed by atoms with Gasteiger partial charge in [0.2, 0.25) is 18.0 Å². The van der Waals surface area contributed by atoms with E-state index in [1.165, 1.54) is 56.3 Å². The fraction of sp³-hybridized carbons (Fsp3) is 0.357. The molecule has 15 nitrogen and oxygen atoms in total. The minimum absolute atomic E-state index is 0.0229. The lowest BCUT2D eigenvalue weighted by Gasteiger charge is -2.20. The summed E-state index contributed by atoms with van der Waals surface area (Å²) in [5.74, 6) is -1.84. The number of alkyl carbamates (subject to hydrolysis) is 1. The van der Waals surface area contributed by atoms with Crippen LogP contribution in [0, 0.1) is 10.1 Å². The normalized spacial score (nSPS) is 12.8. The Morgan fingerprint density at radius 2 is 1.45 bits per heavy atom. The summed E-state index contributed by atoms with van der Waals surface area (Å²) in [5.41, 5.74) is -0.128. The minimum Gasteiger partial charge on any atom is -0.444 e. The third-order valence-electron chi connectivity index (χ3n) is 5.47. The molecule has 238 valence electrons. The van der Waals surface area contributed by atoms with E-state index in [0.29, 0.717) is 5.56 Å². The second kappa shape index (κ2) is 15.5. The Hall–Kier alpha value is -4.99. The van der Waals surface area contributed by atoms with Gasteiger partial charge in [-0.1, -0.05) is 12.1 Å². The molecule has 0 bridgehead atoms. The van der Waals surface area contributed by atoms with Gasteiger partial charge in [-0.2, -0.15) is 8.42 Å². The third kappa shape index (κ3) is 12.1. The van der Waals surface area contributed by atoms with Crippen molar-refractivity contribution >= 4 is 40.0 Å². The summed E-state index contributed by atoms with van der Waals surface area (Å²) >= 11 is 0. The summed E-state index contributed by atoms with van der Waals surface area (Å²) in [5, 5.41) is 20.4. The number of amides is 4. The van der Waals surface area contributed by atoms with Crippen LogP contribution in [-0.4, -0.2) is 67.9 Å². The van der Waals surface area contributed by atoms with Gasteiger partial charge >= 0.3 is 16.2 Å². The van der Waals surface area contributed by atoms with Gasteiger partial charge in [-0.15, -0.1) is 0 Å². The Balaban J connectivity index is 1.85. The van der Waals surface area contributed by atoms with Gasteiger partial charge in [0.15, 0.2) is 0 Å². The van der Waals surface area contributed by atoms with E-state index >= 15 is 0 Å². The van der Waals surface area contributed by atoms with Gasteiger partial charge in [-0.05, 0) is 76.6 Å². The van der Waals surface area contributed by atoms with Crippen LogP contribution in [0.15, 0.2) is 59.6 Å². The molecule has 0 fully saturated rings. The number of hydrogen-bond donors (Lipinski definition) is 4. The number of rotatable bonds is 13. The number of hydrogen-bond acceptors (Lipinski definition) is 10. The molecule has 4 N–H and O–H groups in total. The zero-order chi connectivity index (χ0) is 33.1. The van der Waals surface area contributed by atoms with Gasteiger partial charge in [0.25, 0.3) is 5.91 Å². The van der Waals surface area contributed by atoms with Crippen LogP contribution in [-0.2, 0) is 24.4 Å². The van der Waals surface area contributed by atoms with Crippen molar-refractivity contribution in [1.82, 2.24) is 21.3 Å². The molecule has 0 aliphatic heterocycles. The first-order valence-corrected chi connectivity index (χ1v) is 14.7. The van der Waals surface area contributed by atoms with E-state index in [9.17, 15) is 37.7 Å². The Morgan fingerprint density at radius 3 is 2.02 bits per heavy atom. The average Bonchev–Trinajstić information content (AvgIpc) is 2.93. The van der Waals surface area contributed by atoms with Crippen molar-refractivity contribution in [2.24, 2.45) is 0 Å². The van der Waals surface area contributed by atoms with Gasteiger partial charge in [-0.25, -0.2) is 4.79 Å². The van der Waals surface area contributed by atoms with Crippen LogP contribution in [0.3, 0.4) is 0 Å². The number of ether oxygens (including phenoxy) is 1. The second-order valence-electron chi connectivity index (χ2n) is 10.4. The number of nitrogens with one attached hydrogen (secondary N) is 4. The van der Waals surface area contributed by atoms with Crippen molar-refractivity contribution in [3.63, 3.8) is 0 Å². The molecule has 0 aliphatic rings. The lowest BCUT2D eigenvalue weighted by molar-refractivity contribution is -0.400. The van der Waals surface area contributed by atoms with E-state index < -0.39 is 56.5 Å². The highest BCUT2D eigenvalue weighted by molar-refractivity contribution is 7.87. The van der Waals surface area contributed by atoms with Crippen molar-refractivity contribution in [3.05, 3.63) is 76.0 Å². The van der Waals surface area contributed by atoms with Gasteiger partial charge < -0.3 is 30.2 Å². The fourth-order valence-corrected chi connectivity index (χ4v) is 4.23. The van der Waals surface area contributed by atoms with Crippen LogP contribution in [0.4, 0.5) is 4.79 Å². The van der Waals surface area contributed by atoms with Gasteiger partial charge in [0.1, 0.15) is 28.3 Å². The molecular formula is C28H35N5O10S. The second-order valence-corrected chi connectivity index (χ2v) is 11.9. The van der Waals surface area contributed by atoms with Gasteiger partial charge in [0, 0.05) is 24.7 Å². The molecule has 0 saturated heterocycles. The van der Waals surface area contributed by atoms with Gasteiger partial charge in [-0.3, -0.25) is 24.5 Å². The molecule has 0 radical (unpaired) electrons. The van der Waals surface area contributed by atoms with E-state index in [1.54, 1.807) is 20.8 Å². The maximum atomic E-state index is 12.6. The molecule has 0 spiro atoms. The van der Waals surface area contributed by atoms with E-state index in [4.69, 9.17) is 8.92 Å². The van der Waals surface area contributed by atoms with Crippen LogP contribution >= 0.6 is 0 Å². The van der Waals surface area contributed by atoms with Crippen molar-refractivity contribution < 1.29 is 41.4 Å². The maximum absolute atomic E-state index is 12.6. The van der Waals surface area contributed by atoms with E-state index in [2.05, 4.69) is 21.3 Å². The summed E-state index contributed by atoms with van der Waals surface area (Å²) in [6.07, 6.45) is 1.35.